The van der Waals surface area contributed by atoms with E-state index in [1.807, 2.05) is 0 Å². The maximum absolute atomic E-state index is 12.7. The molecular formula is C19H14ClF3N2O4S. The first-order valence-corrected chi connectivity index (χ1v) is 9.57. The van der Waals surface area contributed by atoms with E-state index in [-0.39, 0.29) is 27.1 Å². The Bertz CT molecular complexity index is 1060. The van der Waals surface area contributed by atoms with Gasteiger partial charge in [-0.3, -0.25) is 9.59 Å². The van der Waals surface area contributed by atoms with Crippen LogP contribution in [0.4, 0.5) is 23.9 Å². The molecule has 1 aromatic carbocycles. The van der Waals surface area contributed by atoms with Gasteiger partial charge in [-0.15, -0.1) is 11.3 Å². The molecule has 158 valence electrons. The third-order valence-corrected chi connectivity index (χ3v) is 5.07. The Morgan fingerprint density at radius 1 is 1.17 bits per heavy atom. The molecule has 2 aromatic heterocycles. The molecule has 0 saturated heterocycles. The lowest BCUT2D eigenvalue weighted by atomic mass is 10.2. The van der Waals surface area contributed by atoms with Gasteiger partial charge in [0.25, 0.3) is 11.8 Å². The Morgan fingerprint density at radius 2 is 1.93 bits per heavy atom. The summed E-state index contributed by atoms with van der Waals surface area (Å²) in [7, 11) is 0. The summed E-state index contributed by atoms with van der Waals surface area (Å²) < 4.78 is 47.2. The molecule has 0 bridgehead atoms. The quantitative estimate of drug-likeness (QED) is 0.493. The molecule has 30 heavy (non-hydrogen) atoms. The fourth-order valence-electron chi connectivity index (χ4n) is 2.41. The van der Waals surface area contributed by atoms with Crippen LogP contribution in [0.3, 0.4) is 0 Å². The van der Waals surface area contributed by atoms with Gasteiger partial charge >= 0.3 is 6.18 Å². The van der Waals surface area contributed by atoms with Gasteiger partial charge in [0.05, 0.1) is 21.8 Å². The van der Waals surface area contributed by atoms with Gasteiger partial charge in [-0.25, -0.2) is 0 Å². The number of aryl methyl sites for hydroxylation is 1. The van der Waals surface area contributed by atoms with Crippen LogP contribution >= 0.6 is 22.9 Å². The number of furan rings is 1. The fourth-order valence-corrected chi connectivity index (χ4v) is 3.55. The van der Waals surface area contributed by atoms with E-state index < -0.39 is 24.6 Å². The number of benzene rings is 1. The first kappa shape index (κ1) is 21.7. The molecule has 2 N–H and O–H groups in total. The summed E-state index contributed by atoms with van der Waals surface area (Å²) in [5, 5.41) is 5.73. The highest BCUT2D eigenvalue weighted by Gasteiger charge is 2.29. The van der Waals surface area contributed by atoms with Crippen LogP contribution < -0.4 is 15.4 Å². The molecule has 2 amide bonds. The predicted octanol–water partition coefficient (Wildman–Crippen LogP) is 5.75. The first-order chi connectivity index (χ1) is 14.1. The van der Waals surface area contributed by atoms with Crippen LogP contribution in [0.5, 0.6) is 5.75 Å². The molecule has 0 unspecified atom stereocenters. The van der Waals surface area contributed by atoms with E-state index in [2.05, 4.69) is 10.6 Å². The highest BCUT2D eigenvalue weighted by Crippen LogP contribution is 2.32. The molecule has 3 aromatic rings. The predicted molar refractivity (Wildman–Crippen MR) is 107 cm³/mol. The van der Waals surface area contributed by atoms with Crippen LogP contribution in [0.25, 0.3) is 0 Å². The zero-order valence-electron chi connectivity index (χ0n) is 15.3. The van der Waals surface area contributed by atoms with Gasteiger partial charge in [-0.05, 0) is 48.9 Å². The Hall–Kier alpha value is -2.98. The van der Waals surface area contributed by atoms with Crippen LogP contribution in [-0.4, -0.2) is 24.6 Å². The smallest absolute Gasteiger partial charge is 0.422 e. The minimum atomic E-state index is -4.54. The largest absolute Gasteiger partial charge is 0.482 e. The van der Waals surface area contributed by atoms with Crippen molar-refractivity contribution in [2.75, 3.05) is 17.2 Å². The minimum Gasteiger partial charge on any atom is -0.482 e. The van der Waals surface area contributed by atoms with Gasteiger partial charge in [0.15, 0.2) is 12.4 Å². The second kappa shape index (κ2) is 8.80. The molecule has 11 heteroatoms. The number of nitrogens with one attached hydrogen (secondary N) is 2. The highest BCUT2D eigenvalue weighted by atomic mass is 35.5. The minimum absolute atomic E-state index is 0.00859. The number of rotatable bonds is 6. The summed E-state index contributed by atoms with van der Waals surface area (Å²) in [6, 6.07) is 8.52. The van der Waals surface area contributed by atoms with E-state index in [0.29, 0.717) is 10.6 Å². The molecule has 3 rings (SSSR count). The van der Waals surface area contributed by atoms with Gasteiger partial charge < -0.3 is 19.8 Å². The van der Waals surface area contributed by atoms with E-state index >= 15 is 0 Å². The molecule has 0 fully saturated rings. The molecule has 0 radical (unpaired) electrons. The van der Waals surface area contributed by atoms with Gasteiger partial charge in [0.2, 0.25) is 0 Å². The monoisotopic (exact) mass is 458 g/mol. The number of thiophene rings is 1. The first-order valence-electron chi connectivity index (χ1n) is 8.38. The van der Waals surface area contributed by atoms with Gasteiger partial charge in [0, 0.05) is 5.02 Å². The van der Waals surface area contributed by atoms with E-state index in [9.17, 15) is 22.8 Å². The molecule has 0 spiro atoms. The van der Waals surface area contributed by atoms with Crippen molar-refractivity contribution in [1.29, 1.82) is 0 Å². The zero-order chi connectivity index (χ0) is 21.9. The van der Waals surface area contributed by atoms with Crippen LogP contribution in [-0.2, 0) is 0 Å². The summed E-state index contributed by atoms with van der Waals surface area (Å²) in [6.45, 7) is 0.144. The van der Waals surface area contributed by atoms with Gasteiger partial charge in [0.1, 0.15) is 5.75 Å². The fraction of sp³-hybridized carbons (Fsp3) is 0.158. The lowest BCUT2D eigenvalue weighted by Crippen LogP contribution is -2.20. The lowest BCUT2D eigenvalue weighted by molar-refractivity contribution is -0.153. The van der Waals surface area contributed by atoms with Crippen molar-refractivity contribution < 1.29 is 31.9 Å². The Balaban J connectivity index is 1.75. The molecule has 0 aliphatic heterocycles. The zero-order valence-corrected chi connectivity index (χ0v) is 16.9. The number of anilines is 2. The molecule has 0 aliphatic carbocycles. The number of carbonyl (C=O) groups excluding carboxylic acids is 2. The third-order valence-electron chi connectivity index (χ3n) is 3.69. The number of hydrogen-bond acceptors (Lipinski definition) is 5. The van der Waals surface area contributed by atoms with E-state index in [4.69, 9.17) is 20.8 Å². The maximum atomic E-state index is 12.7. The standard InChI is InChI=1S/C19H14ClF3N2O4S/c1-10-7-15(25-17(26)14-3-2-6-28-14)30-16(10)18(27)24-12-8-11(20)4-5-13(12)29-9-19(21,22)23/h2-8H,9H2,1H3,(H,24,27)(H,25,26). The van der Waals surface area contributed by atoms with E-state index in [1.165, 1.54) is 30.5 Å². The maximum Gasteiger partial charge on any atom is 0.422 e. The number of carbonyl (C=O) groups is 2. The highest BCUT2D eigenvalue weighted by molar-refractivity contribution is 7.18. The van der Waals surface area contributed by atoms with Crippen LogP contribution in [0.2, 0.25) is 5.02 Å². The van der Waals surface area contributed by atoms with Crippen molar-refractivity contribution in [1.82, 2.24) is 0 Å². The van der Waals surface area contributed by atoms with E-state index in [0.717, 1.165) is 11.3 Å². The van der Waals surface area contributed by atoms with Crippen molar-refractivity contribution in [2.45, 2.75) is 13.1 Å². The third kappa shape index (κ3) is 5.55. The van der Waals surface area contributed by atoms with Crippen molar-refractivity contribution in [3.8, 4) is 5.75 Å². The van der Waals surface area contributed by atoms with Crippen molar-refractivity contribution >= 4 is 45.4 Å². The molecule has 6 nitrogen and oxygen atoms in total. The number of amides is 2. The Kier molecular flexibility index (Phi) is 6.37. The average molecular weight is 459 g/mol. The van der Waals surface area contributed by atoms with Crippen molar-refractivity contribution in [3.63, 3.8) is 0 Å². The number of halogens is 4. The average Bonchev–Trinajstić information content (AvgIpc) is 3.30. The SMILES string of the molecule is Cc1cc(NC(=O)c2ccco2)sc1C(=O)Nc1cc(Cl)ccc1OCC(F)(F)F. The normalized spacial score (nSPS) is 11.2. The molecular weight excluding hydrogens is 445 g/mol. The van der Waals surface area contributed by atoms with Crippen LogP contribution in [0, 0.1) is 6.92 Å². The second-order valence-corrected chi connectivity index (χ2v) is 7.54. The summed E-state index contributed by atoms with van der Waals surface area (Å²) in [5.41, 5.74) is 0.553. The van der Waals surface area contributed by atoms with Gasteiger partial charge in [-0.2, -0.15) is 13.2 Å². The summed E-state index contributed by atoms with van der Waals surface area (Å²) >= 11 is 6.90. The number of ether oxygens (including phenoxy) is 1. The molecule has 0 saturated carbocycles. The lowest BCUT2D eigenvalue weighted by Gasteiger charge is -2.14. The van der Waals surface area contributed by atoms with Gasteiger partial charge in [-0.1, -0.05) is 11.6 Å². The summed E-state index contributed by atoms with van der Waals surface area (Å²) in [6.07, 6.45) is -3.18. The number of alkyl halides is 3. The second-order valence-electron chi connectivity index (χ2n) is 6.05. The van der Waals surface area contributed by atoms with Crippen LogP contribution in [0.15, 0.2) is 47.1 Å². The van der Waals surface area contributed by atoms with Crippen LogP contribution in [0.1, 0.15) is 25.8 Å². The topological polar surface area (TPSA) is 80.6 Å². The molecule has 2 heterocycles. The summed E-state index contributed by atoms with van der Waals surface area (Å²) in [5.74, 6) is -1.14. The summed E-state index contributed by atoms with van der Waals surface area (Å²) in [4.78, 5) is 25.0. The number of hydrogen-bond donors (Lipinski definition) is 2. The molecule has 0 atom stereocenters. The molecule has 0 aliphatic rings. The Labute approximate surface area is 177 Å². The van der Waals surface area contributed by atoms with Crippen molar-refractivity contribution in [3.05, 3.63) is 63.9 Å². The Morgan fingerprint density at radius 3 is 2.60 bits per heavy atom. The van der Waals surface area contributed by atoms with Crippen molar-refractivity contribution in [2.24, 2.45) is 0 Å². The van der Waals surface area contributed by atoms with E-state index in [1.54, 1.807) is 19.1 Å².